The summed E-state index contributed by atoms with van der Waals surface area (Å²) in [4.78, 5) is 12.3. The normalized spacial score (nSPS) is 18.0. The number of rotatable bonds is 9. The Hall–Kier alpha value is -3.16. The Morgan fingerprint density at radius 2 is 1.69 bits per heavy atom. The van der Waals surface area contributed by atoms with Crippen LogP contribution in [0.3, 0.4) is 0 Å². The number of nitrogens with one attached hydrogen (secondary N) is 3. The average Bonchev–Trinajstić information content (AvgIpc) is 3.40. The molecule has 2 unspecified atom stereocenters. The highest BCUT2D eigenvalue weighted by molar-refractivity contribution is 7.89. The Balaban J connectivity index is 1.49. The summed E-state index contributed by atoms with van der Waals surface area (Å²) in [6.45, 7) is 0.491. The van der Waals surface area contributed by atoms with Crippen LogP contribution < -0.4 is 24.8 Å². The molecule has 0 spiro atoms. The van der Waals surface area contributed by atoms with Crippen molar-refractivity contribution in [1.29, 1.82) is 0 Å². The molecular weight excluding hydrogens is 494 g/mol. The van der Waals surface area contributed by atoms with Crippen molar-refractivity contribution in [3.8, 4) is 11.5 Å². The summed E-state index contributed by atoms with van der Waals surface area (Å²) in [7, 11) is -0.948. The maximum absolute atomic E-state index is 13.1. The van der Waals surface area contributed by atoms with Crippen molar-refractivity contribution >= 4 is 38.6 Å². The zero-order chi connectivity index (χ0) is 24.8. The molecule has 3 aromatic rings. The van der Waals surface area contributed by atoms with Gasteiger partial charge in [0.05, 0.1) is 37.9 Å². The van der Waals surface area contributed by atoms with Crippen LogP contribution in [0.2, 0.25) is 0 Å². The summed E-state index contributed by atoms with van der Waals surface area (Å²) in [6.07, 6.45) is -1.84. The SMILES string of the molecule is COc1cc(NC2OCCOC2NS(=O)(=O)c2cccc(NC(=O)c3ccsc3)c2)cc(OC)c1. The van der Waals surface area contributed by atoms with Crippen molar-refractivity contribution in [2.24, 2.45) is 0 Å². The summed E-state index contributed by atoms with van der Waals surface area (Å²) >= 11 is 1.40. The van der Waals surface area contributed by atoms with Gasteiger partial charge in [-0.1, -0.05) is 6.07 Å². The van der Waals surface area contributed by atoms with E-state index in [1.54, 1.807) is 47.2 Å². The Kier molecular flexibility index (Phi) is 7.88. The summed E-state index contributed by atoms with van der Waals surface area (Å²) < 4.78 is 50.8. The van der Waals surface area contributed by atoms with Crippen molar-refractivity contribution in [3.05, 3.63) is 64.9 Å². The Labute approximate surface area is 207 Å². The summed E-state index contributed by atoms with van der Waals surface area (Å²) in [6, 6.07) is 12.8. The molecule has 186 valence electrons. The highest BCUT2D eigenvalue weighted by Crippen LogP contribution is 2.27. The number of methoxy groups -OCH3 is 2. The maximum Gasteiger partial charge on any atom is 0.256 e. The minimum Gasteiger partial charge on any atom is -0.497 e. The lowest BCUT2D eigenvalue weighted by molar-refractivity contribution is -0.132. The highest BCUT2D eigenvalue weighted by atomic mass is 32.2. The molecule has 1 amide bonds. The number of carbonyl (C=O) groups excluding carboxylic acids is 1. The quantitative estimate of drug-likeness (QED) is 0.394. The van der Waals surface area contributed by atoms with Crippen molar-refractivity contribution in [2.75, 3.05) is 38.1 Å². The van der Waals surface area contributed by atoms with Gasteiger partial charge in [-0.05, 0) is 29.6 Å². The minimum absolute atomic E-state index is 0.0309. The van der Waals surface area contributed by atoms with Gasteiger partial charge >= 0.3 is 0 Å². The third kappa shape index (κ3) is 6.29. The Morgan fingerprint density at radius 1 is 0.971 bits per heavy atom. The van der Waals surface area contributed by atoms with Crippen molar-refractivity contribution in [3.63, 3.8) is 0 Å². The number of sulfonamides is 1. The molecule has 0 saturated carbocycles. The van der Waals surface area contributed by atoms with Crippen LogP contribution in [-0.4, -0.2) is 54.2 Å². The molecule has 0 aliphatic carbocycles. The van der Waals surface area contributed by atoms with Gasteiger partial charge in [-0.3, -0.25) is 4.79 Å². The second-order valence-corrected chi connectivity index (χ2v) is 9.94. The van der Waals surface area contributed by atoms with Gasteiger partial charge in [-0.25, -0.2) is 8.42 Å². The molecule has 35 heavy (non-hydrogen) atoms. The van der Waals surface area contributed by atoms with Crippen LogP contribution in [0.1, 0.15) is 10.4 Å². The number of ether oxygens (including phenoxy) is 4. The standard InChI is InChI=1S/C23H25N3O7S2/c1-30-18-10-17(11-19(13-18)31-2)25-22-23(33-8-7-32-22)26-35(28,29)20-5-3-4-16(12-20)24-21(27)15-6-9-34-14-15/h3-6,9-14,22-23,25-26H,7-8H2,1-2H3,(H,24,27). The van der Waals surface area contributed by atoms with E-state index >= 15 is 0 Å². The average molecular weight is 520 g/mol. The van der Waals surface area contributed by atoms with E-state index in [-0.39, 0.29) is 24.0 Å². The fraction of sp³-hybridized carbons (Fsp3) is 0.261. The predicted octanol–water partition coefficient (Wildman–Crippen LogP) is 3.11. The van der Waals surface area contributed by atoms with Crippen molar-refractivity contribution in [1.82, 2.24) is 4.72 Å². The highest BCUT2D eigenvalue weighted by Gasteiger charge is 2.32. The van der Waals surface area contributed by atoms with Gasteiger partial charge in [-0.2, -0.15) is 16.1 Å². The van der Waals surface area contributed by atoms with Crippen LogP contribution in [0, 0.1) is 0 Å². The fourth-order valence-electron chi connectivity index (χ4n) is 3.35. The fourth-order valence-corrected chi connectivity index (χ4v) is 5.16. The van der Waals surface area contributed by atoms with Crippen LogP contribution in [0.25, 0.3) is 0 Å². The molecular formula is C23H25N3O7S2. The minimum atomic E-state index is -4.02. The second-order valence-electron chi connectivity index (χ2n) is 7.44. The molecule has 1 aromatic heterocycles. The van der Waals surface area contributed by atoms with Crippen LogP contribution in [0.15, 0.2) is 64.2 Å². The monoisotopic (exact) mass is 519 g/mol. The van der Waals surface area contributed by atoms with E-state index in [0.29, 0.717) is 28.4 Å². The number of thiophene rings is 1. The van der Waals surface area contributed by atoms with Crippen molar-refractivity contribution < 1.29 is 32.2 Å². The number of amides is 1. The molecule has 2 heterocycles. The molecule has 0 bridgehead atoms. The van der Waals surface area contributed by atoms with Gasteiger partial charge < -0.3 is 29.6 Å². The van der Waals surface area contributed by atoms with Crippen LogP contribution in [-0.2, 0) is 19.5 Å². The topological polar surface area (TPSA) is 124 Å². The lowest BCUT2D eigenvalue weighted by Crippen LogP contribution is -2.53. The van der Waals surface area contributed by atoms with E-state index in [0.717, 1.165) is 0 Å². The van der Waals surface area contributed by atoms with Gasteiger partial charge in [0.2, 0.25) is 10.0 Å². The third-order valence-corrected chi connectivity index (χ3v) is 7.17. The number of anilines is 2. The first-order valence-corrected chi connectivity index (χ1v) is 13.0. The molecule has 3 N–H and O–H groups in total. The summed E-state index contributed by atoms with van der Waals surface area (Å²) in [5, 5.41) is 9.33. The second kappa shape index (κ2) is 11.1. The number of hydrogen-bond donors (Lipinski definition) is 3. The zero-order valence-electron chi connectivity index (χ0n) is 19.0. The number of benzene rings is 2. The van der Waals surface area contributed by atoms with E-state index in [4.69, 9.17) is 18.9 Å². The summed E-state index contributed by atoms with van der Waals surface area (Å²) in [5.74, 6) is 0.791. The van der Waals surface area contributed by atoms with E-state index < -0.39 is 22.5 Å². The van der Waals surface area contributed by atoms with Crippen molar-refractivity contribution in [2.45, 2.75) is 17.4 Å². The predicted molar refractivity (Wildman–Crippen MR) is 132 cm³/mol. The lowest BCUT2D eigenvalue weighted by Gasteiger charge is -2.33. The van der Waals surface area contributed by atoms with Gasteiger partial charge in [0.25, 0.3) is 5.91 Å². The molecule has 2 atom stereocenters. The molecule has 1 fully saturated rings. The molecule has 1 aliphatic rings. The number of carbonyl (C=O) groups is 1. The third-order valence-electron chi connectivity index (χ3n) is 5.07. The molecule has 0 radical (unpaired) electrons. The van der Waals surface area contributed by atoms with Gasteiger partial charge in [-0.15, -0.1) is 0 Å². The Bertz CT molecular complexity index is 1240. The van der Waals surface area contributed by atoms with Gasteiger partial charge in [0, 0.05) is 35.0 Å². The molecule has 12 heteroatoms. The Morgan fingerprint density at radius 3 is 2.34 bits per heavy atom. The van der Waals surface area contributed by atoms with E-state index in [9.17, 15) is 13.2 Å². The van der Waals surface area contributed by atoms with Crippen LogP contribution >= 0.6 is 11.3 Å². The zero-order valence-corrected chi connectivity index (χ0v) is 20.6. The van der Waals surface area contributed by atoms with Crippen LogP contribution in [0.5, 0.6) is 11.5 Å². The first-order valence-electron chi connectivity index (χ1n) is 10.6. The molecule has 4 rings (SSSR count). The van der Waals surface area contributed by atoms with Gasteiger partial charge in [0.15, 0.2) is 12.5 Å². The van der Waals surface area contributed by atoms with E-state index in [2.05, 4.69) is 15.4 Å². The first-order chi connectivity index (χ1) is 16.9. The van der Waals surface area contributed by atoms with Crippen LogP contribution in [0.4, 0.5) is 11.4 Å². The lowest BCUT2D eigenvalue weighted by atomic mass is 10.2. The first kappa shape index (κ1) is 24.9. The largest absolute Gasteiger partial charge is 0.497 e. The molecule has 1 saturated heterocycles. The summed E-state index contributed by atoms with van der Waals surface area (Å²) in [5.41, 5.74) is 1.44. The molecule has 1 aliphatic heterocycles. The van der Waals surface area contributed by atoms with Gasteiger partial charge in [0.1, 0.15) is 11.5 Å². The maximum atomic E-state index is 13.1. The molecule has 10 nitrogen and oxygen atoms in total. The van der Waals surface area contributed by atoms with E-state index in [1.165, 1.54) is 37.7 Å². The smallest absolute Gasteiger partial charge is 0.256 e. The molecule has 2 aromatic carbocycles. The number of hydrogen-bond acceptors (Lipinski definition) is 9. The van der Waals surface area contributed by atoms with E-state index in [1.807, 2.05) is 0 Å².